The van der Waals surface area contributed by atoms with Crippen LogP contribution in [0.4, 0.5) is 0 Å². The summed E-state index contributed by atoms with van der Waals surface area (Å²) in [6.45, 7) is 1.92. The molecule has 1 heterocycles. The lowest BCUT2D eigenvalue weighted by Gasteiger charge is -2.22. The zero-order chi connectivity index (χ0) is 11.3. The maximum Gasteiger partial charge on any atom is 0.142 e. The van der Waals surface area contributed by atoms with E-state index in [1.54, 1.807) is 20.4 Å². The molecule has 0 aliphatic rings. The van der Waals surface area contributed by atoms with Crippen LogP contribution in [0.2, 0.25) is 0 Å². The molecule has 0 aliphatic heterocycles. The van der Waals surface area contributed by atoms with E-state index in [0.717, 1.165) is 5.69 Å². The van der Waals surface area contributed by atoms with Crippen LogP contribution >= 0.6 is 0 Å². The second-order valence-corrected chi connectivity index (χ2v) is 3.18. The number of rotatable bonds is 5. The Kier molecular flexibility index (Phi) is 4.48. The van der Waals surface area contributed by atoms with Crippen molar-refractivity contribution in [3.8, 4) is 5.75 Å². The Bertz CT molecular complexity index is 306. The lowest BCUT2D eigenvalue weighted by Crippen LogP contribution is -2.36. The maximum atomic E-state index is 5.48. The standard InChI is InChI=1S/C10H17N3O2/c1-7(14-2)9(13-11)10-8(15-3)5-4-6-12-10/h4-7,9,13H,11H2,1-3H3. The SMILES string of the molecule is COc1cccnc1C(NN)C(C)OC. The molecule has 2 unspecified atom stereocenters. The molecule has 1 aromatic heterocycles. The minimum absolute atomic E-state index is 0.0844. The average molecular weight is 211 g/mol. The van der Waals surface area contributed by atoms with Crippen LogP contribution in [-0.2, 0) is 4.74 Å². The van der Waals surface area contributed by atoms with Gasteiger partial charge in [0.2, 0.25) is 0 Å². The van der Waals surface area contributed by atoms with Gasteiger partial charge in [-0.15, -0.1) is 0 Å². The molecule has 1 aromatic rings. The normalized spacial score (nSPS) is 14.7. The molecule has 0 saturated heterocycles. The fraction of sp³-hybridized carbons (Fsp3) is 0.500. The molecule has 5 heteroatoms. The maximum absolute atomic E-state index is 5.48. The van der Waals surface area contributed by atoms with E-state index in [1.165, 1.54) is 0 Å². The third kappa shape index (κ3) is 2.65. The second-order valence-electron chi connectivity index (χ2n) is 3.18. The first-order chi connectivity index (χ1) is 7.24. The second kappa shape index (κ2) is 5.65. The van der Waals surface area contributed by atoms with Crippen molar-refractivity contribution in [3.05, 3.63) is 24.0 Å². The van der Waals surface area contributed by atoms with Crippen molar-refractivity contribution >= 4 is 0 Å². The minimum Gasteiger partial charge on any atom is -0.495 e. The smallest absolute Gasteiger partial charge is 0.142 e. The zero-order valence-corrected chi connectivity index (χ0v) is 9.23. The van der Waals surface area contributed by atoms with Gasteiger partial charge < -0.3 is 9.47 Å². The summed E-state index contributed by atoms with van der Waals surface area (Å²) in [7, 11) is 3.23. The van der Waals surface area contributed by atoms with Crippen molar-refractivity contribution in [2.75, 3.05) is 14.2 Å². The van der Waals surface area contributed by atoms with Crippen molar-refractivity contribution < 1.29 is 9.47 Å². The van der Waals surface area contributed by atoms with Gasteiger partial charge in [0.25, 0.3) is 0 Å². The Hall–Kier alpha value is -1.17. The summed E-state index contributed by atoms with van der Waals surface area (Å²) in [5, 5.41) is 0. The van der Waals surface area contributed by atoms with Gasteiger partial charge in [-0.2, -0.15) is 0 Å². The van der Waals surface area contributed by atoms with Crippen LogP contribution in [0, 0.1) is 0 Å². The van der Waals surface area contributed by atoms with Crippen molar-refractivity contribution in [2.24, 2.45) is 5.84 Å². The quantitative estimate of drug-likeness (QED) is 0.552. The van der Waals surface area contributed by atoms with Crippen molar-refractivity contribution in [1.29, 1.82) is 0 Å². The third-order valence-electron chi connectivity index (χ3n) is 2.33. The Morgan fingerprint density at radius 3 is 2.73 bits per heavy atom. The van der Waals surface area contributed by atoms with Crippen molar-refractivity contribution in [2.45, 2.75) is 19.1 Å². The van der Waals surface area contributed by atoms with Crippen molar-refractivity contribution in [1.82, 2.24) is 10.4 Å². The molecule has 84 valence electrons. The summed E-state index contributed by atoms with van der Waals surface area (Å²) in [5.74, 6) is 6.18. The molecule has 0 fully saturated rings. The predicted octanol–water partition coefficient (Wildman–Crippen LogP) is 0.629. The van der Waals surface area contributed by atoms with Gasteiger partial charge >= 0.3 is 0 Å². The topological polar surface area (TPSA) is 69.4 Å². The lowest BCUT2D eigenvalue weighted by molar-refractivity contribution is 0.0807. The number of hydrazine groups is 1. The molecule has 0 saturated carbocycles. The first kappa shape index (κ1) is 11.9. The Morgan fingerprint density at radius 2 is 2.20 bits per heavy atom. The van der Waals surface area contributed by atoms with E-state index in [9.17, 15) is 0 Å². The Labute approximate surface area is 89.6 Å². The number of hydrogen-bond donors (Lipinski definition) is 2. The van der Waals surface area contributed by atoms with Gasteiger partial charge in [-0.1, -0.05) is 0 Å². The number of hydrogen-bond acceptors (Lipinski definition) is 5. The highest BCUT2D eigenvalue weighted by Crippen LogP contribution is 2.24. The summed E-state index contributed by atoms with van der Waals surface area (Å²) in [4.78, 5) is 4.24. The van der Waals surface area contributed by atoms with E-state index in [2.05, 4.69) is 10.4 Å². The zero-order valence-electron chi connectivity index (χ0n) is 9.23. The lowest BCUT2D eigenvalue weighted by atomic mass is 10.1. The van der Waals surface area contributed by atoms with Gasteiger partial charge in [0.15, 0.2) is 0 Å². The number of nitrogens with one attached hydrogen (secondary N) is 1. The highest BCUT2D eigenvalue weighted by Gasteiger charge is 2.22. The van der Waals surface area contributed by atoms with Crippen LogP contribution in [0.5, 0.6) is 5.75 Å². The summed E-state index contributed by atoms with van der Waals surface area (Å²) >= 11 is 0. The third-order valence-corrected chi connectivity index (χ3v) is 2.33. The van der Waals surface area contributed by atoms with E-state index >= 15 is 0 Å². The van der Waals surface area contributed by atoms with Gasteiger partial charge in [0.05, 0.1) is 19.3 Å². The number of nitrogens with zero attached hydrogens (tertiary/aromatic N) is 1. The summed E-state index contributed by atoms with van der Waals surface area (Å²) in [6, 6.07) is 3.47. The molecule has 2 atom stereocenters. The van der Waals surface area contributed by atoms with Gasteiger partial charge in [-0.25, -0.2) is 5.43 Å². The Balaban J connectivity index is 3.00. The van der Waals surface area contributed by atoms with E-state index < -0.39 is 0 Å². The number of ether oxygens (including phenoxy) is 2. The van der Waals surface area contributed by atoms with Crippen molar-refractivity contribution in [3.63, 3.8) is 0 Å². The van der Waals surface area contributed by atoms with Gasteiger partial charge in [0, 0.05) is 13.3 Å². The number of nitrogens with two attached hydrogens (primary N) is 1. The fourth-order valence-corrected chi connectivity index (χ4v) is 1.38. The monoisotopic (exact) mass is 211 g/mol. The van der Waals surface area contributed by atoms with Crippen LogP contribution < -0.4 is 16.0 Å². The minimum atomic E-state index is -0.189. The number of pyridine rings is 1. The van der Waals surface area contributed by atoms with E-state index in [-0.39, 0.29) is 12.1 Å². The van der Waals surface area contributed by atoms with Crippen LogP contribution in [0.15, 0.2) is 18.3 Å². The predicted molar refractivity (Wildman–Crippen MR) is 57.3 cm³/mol. The van der Waals surface area contributed by atoms with Gasteiger partial charge in [0.1, 0.15) is 11.4 Å². The van der Waals surface area contributed by atoms with Crippen LogP contribution in [0.1, 0.15) is 18.7 Å². The molecule has 0 amide bonds. The van der Waals surface area contributed by atoms with E-state index in [0.29, 0.717) is 5.75 Å². The molecule has 5 nitrogen and oxygen atoms in total. The first-order valence-corrected chi connectivity index (χ1v) is 4.72. The first-order valence-electron chi connectivity index (χ1n) is 4.72. The largest absolute Gasteiger partial charge is 0.495 e. The Morgan fingerprint density at radius 1 is 1.47 bits per heavy atom. The van der Waals surface area contributed by atoms with E-state index in [1.807, 2.05) is 19.1 Å². The fourth-order valence-electron chi connectivity index (χ4n) is 1.38. The molecule has 0 spiro atoms. The molecule has 3 N–H and O–H groups in total. The molecular weight excluding hydrogens is 194 g/mol. The molecule has 0 aliphatic carbocycles. The molecule has 15 heavy (non-hydrogen) atoms. The molecular formula is C10H17N3O2. The summed E-state index contributed by atoms with van der Waals surface area (Å²) < 4.78 is 10.4. The average Bonchev–Trinajstić information content (AvgIpc) is 2.30. The van der Waals surface area contributed by atoms with Crippen LogP contribution in [0.3, 0.4) is 0 Å². The van der Waals surface area contributed by atoms with E-state index in [4.69, 9.17) is 15.3 Å². The molecule has 0 radical (unpaired) electrons. The van der Waals surface area contributed by atoms with Gasteiger partial charge in [-0.05, 0) is 19.1 Å². The van der Waals surface area contributed by atoms with Crippen LogP contribution in [-0.4, -0.2) is 25.3 Å². The summed E-state index contributed by atoms with van der Waals surface area (Å²) in [6.07, 6.45) is 1.61. The number of methoxy groups -OCH3 is 2. The highest BCUT2D eigenvalue weighted by atomic mass is 16.5. The van der Waals surface area contributed by atoms with Crippen LogP contribution in [0.25, 0.3) is 0 Å². The number of aromatic nitrogens is 1. The summed E-state index contributed by atoms with van der Waals surface area (Å²) in [5.41, 5.74) is 3.42. The molecule has 0 aromatic carbocycles. The highest BCUT2D eigenvalue weighted by molar-refractivity contribution is 5.30. The van der Waals surface area contributed by atoms with Gasteiger partial charge in [-0.3, -0.25) is 10.8 Å². The molecule has 1 rings (SSSR count). The molecule has 0 bridgehead atoms.